The Hall–Kier alpha value is -3.79. The lowest BCUT2D eigenvalue weighted by atomic mass is 10.1. The number of aryl methyl sites for hydroxylation is 1. The number of hydrogen-bond donors (Lipinski definition) is 3. The van der Waals surface area contributed by atoms with Crippen LogP contribution in [0.2, 0.25) is 0 Å². The minimum absolute atomic E-state index is 0.337. The number of H-pyrrole nitrogens is 1. The van der Waals surface area contributed by atoms with Gasteiger partial charge in [0.25, 0.3) is 0 Å². The highest BCUT2D eigenvalue weighted by molar-refractivity contribution is 5.92. The maximum atomic E-state index is 4.91. The Labute approximate surface area is 181 Å². The summed E-state index contributed by atoms with van der Waals surface area (Å²) in [5, 5.41) is 9.67. The van der Waals surface area contributed by atoms with Crippen molar-refractivity contribution in [1.29, 1.82) is 0 Å². The molecule has 0 saturated carbocycles. The van der Waals surface area contributed by atoms with Gasteiger partial charge >= 0.3 is 0 Å². The number of fused-ring (bicyclic) bond motifs is 3. The van der Waals surface area contributed by atoms with Gasteiger partial charge in [-0.05, 0) is 65.9 Å². The van der Waals surface area contributed by atoms with Crippen molar-refractivity contribution < 1.29 is 0 Å². The smallest absolute Gasteiger partial charge is 0.127 e. The van der Waals surface area contributed by atoms with E-state index >= 15 is 0 Å². The van der Waals surface area contributed by atoms with Crippen molar-refractivity contribution in [2.75, 3.05) is 10.6 Å². The van der Waals surface area contributed by atoms with Gasteiger partial charge in [-0.3, -0.25) is 0 Å². The molecule has 0 spiro atoms. The lowest BCUT2D eigenvalue weighted by Crippen LogP contribution is -2.08. The number of anilines is 2. The SMILES string of the molecule is c1ccc2c(c1)CC[C@H]2Nc1ccc2c(NCc3cccc4[nH]ccc34)cccc2n1. The molecule has 4 nitrogen and oxygen atoms in total. The van der Waals surface area contributed by atoms with E-state index in [4.69, 9.17) is 4.98 Å². The highest BCUT2D eigenvalue weighted by Gasteiger charge is 2.22. The highest BCUT2D eigenvalue weighted by Crippen LogP contribution is 2.34. The third kappa shape index (κ3) is 3.30. The summed E-state index contributed by atoms with van der Waals surface area (Å²) < 4.78 is 0. The molecule has 0 unspecified atom stereocenters. The van der Waals surface area contributed by atoms with E-state index in [0.717, 1.165) is 41.8 Å². The molecule has 2 heterocycles. The first-order valence-electron chi connectivity index (χ1n) is 10.9. The van der Waals surface area contributed by atoms with Crippen LogP contribution >= 0.6 is 0 Å². The molecule has 1 aliphatic rings. The summed E-state index contributed by atoms with van der Waals surface area (Å²) in [4.78, 5) is 8.20. The number of rotatable bonds is 5. The fourth-order valence-electron chi connectivity index (χ4n) is 4.77. The van der Waals surface area contributed by atoms with E-state index in [0.29, 0.717) is 6.04 Å². The van der Waals surface area contributed by atoms with Crippen molar-refractivity contribution in [3.05, 3.63) is 102 Å². The molecule has 6 rings (SSSR count). The van der Waals surface area contributed by atoms with Crippen LogP contribution in [0.25, 0.3) is 21.8 Å². The minimum atomic E-state index is 0.337. The number of nitrogens with one attached hydrogen (secondary N) is 3. The highest BCUT2D eigenvalue weighted by atomic mass is 15.0. The first-order chi connectivity index (χ1) is 15.3. The van der Waals surface area contributed by atoms with Crippen molar-refractivity contribution >= 4 is 33.3 Å². The average Bonchev–Trinajstić information content (AvgIpc) is 3.45. The Kier molecular flexibility index (Phi) is 4.34. The summed E-state index contributed by atoms with van der Waals surface area (Å²) in [6.45, 7) is 0.771. The predicted octanol–water partition coefficient (Wildman–Crippen LogP) is 6.43. The molecule has 5 aromatic rings. The van der Waals surface area contributed by atoms with Gasteiger partial charge in [0.05, 0.1) is 11.6 Å². The number of aromatic amines is 1. The van der Waals surface area contributed by atoms with Crippen LogP contribution in [0.3, 0.4) is 0 Å². The van der Waals surface area contributed by atoms with Gasteiger partial charge in [0.1, 0.15) is 5.82 Å². The van der Waals surface area contributed by atoms with E-state index in [9.17, 15) is 0 Å². The van der Waals surface area contributed by atoms with Crippen LogP contribution in [-0.4, -0.2) is 9.97 Å². The van der Waals surface area contributed by atoms with Gasteiger partial charge in [-0.1, -0.05) is 42.5 Å². The first kappa shape index (κ1) is 18.0. The predicted molar refractivity (Wildman–Crippen MR) is 128 cm³/mol. The molecule has 31 heavy (non-hydrogen) atoms. The number of pyridine rings is 1. The number of aromatic nitrogens is 2. The van der Waals surface area contributed by atoms with Gasteiger partial charge in [-0.25, -0.2) is 4.98 Å². The van der Waals surface area contributed by atoms with E-state index < -0.39 is 0 Å². The Morgan fingerprint density at radius 2 is 1.81 bits per heavy atom. The lowest BCUT2D eigenvalue weighted by molar-refractivity contribution is 0.758. The monoisotopic (exact) mass is 404 g/mol. The molecule has 1 aliphatic carbocycles. The van der Waals surface area contributed by atoms with Gasteiger partial charge < -0.3 is 15.6 Å². The minimum Gasteiger partial charge on any atom is -0.380 e. The van der Waals surface area contributed by atoms with E-state index in [1.165, 1.54) is 27.6 Å². The fourth-order valence-corrected chi connectivity index (χ4v) is 4.77. The second-order valence-corrected chi connectivity index (χ2v) is 8.21. The topological polar surface area (TPSA) is 52.7 Å². The maximum absolute atomic E-state index is 4.91. The van der Waals surface area contributed by atoms with Gasteiger partial charge in [0.15, 0.2) is 0 Å². The Morgan fingerprint density at radius 3 is 2.81 bits per heavy atom. The molecule has 0 amide bonds. The van der Waals surface area contributed by atoms with Crippen molar-refractivity contribution in [3.8, 4) is 0 Å². The summed E-state index contributed by atoms with van der Waals surface area (Å²) in [6.07, 6.45) is 4.24. The number of benzene rings is 3. The summed E-state index contributed by atoms with van der Waals surface area (Å²) in [6, 6.07) is 28.1. The van der Waals surface area contributed by atoms with Crippen molar-refractivity contribution in [2.45, 2.75) is 25.4 Å². The molecule has 2 aromatic heterocycles. The summed E-state index contributed by atoms with van der Waals surface area (Å²) >= 11 is 0. The van der Waals surface area contributed by atoms with Crippen molar-refractivity contribution in [3.63, 3.8) is 0 Å². The van der Waals surface area contributed by atoms with E-state index in [2.05, 4.69) is 94.5 Å². The molecule has 3 aromatic carbocycles. The molecule has 152 valence electrons. The standard InChI is InChI=1S/C27H24N4/c1-2-7-20-18(5-1)11-13-26(20)31-27-14-12-22-24(9-4-10-25(22)30-27)29-17-19-6-3-8-23-21(19)15-16-28-23/h1-10,12,14-16,26,28-29H,11,13,17H2,(H,30,31)/t26-/m1/s1. The lowest BCUT2D eigenvalue weighted by Gasteiger charge is -2.16. The normalized spacial score (nSPS) is 15.3. The Bertz CT molecular complexity index is 1380. The maximum Gasteiger partial charge on any atom is 0.127 e. The first-order valence-corrected chi connectivity index (χ1v) is 10.9. The third-order valence-corrected chi connectivity index (χ3v) is 6.34. The van der Waals surface area contributed by atoms with Crippen molar-refractivity contribution in [1.82, 2.24) is 9.97 Å². The fraction of sp³-hybridized carbons (Fsp3) is 0.148. The van der Waals surface area contributed by atoms with Gasteiger partial charge in [-0.2, -0.15) is 0 Å². The molecule has 4 heteroatoms. The quantitative estimate of drug-likeness (QED) is 0.316. The molecular weight excluding hydrogens is 380 g/mol. The zero-order chi connectivity index (χ0) is 20.6. The molecule has 0 aliphatic heterocycles. The summed E-state index contributed by atoms with van der Waals surface area (Å²) in [7, 11) is 0. The summed E-state index contributed by atoms with van der Waals surface area (Å²) in [5.41, 5.74) is 7.41. The van der Waals surface area contributed by atoms with Gasteiger partial charge in [0.2, 0.25) is 0 Å². The molecule has 0 fully saturated rings. The number of nitrogens with zero attached hydrogens (tertiary/aromatic N) is 1. The van der Waals surface area contributed by atoms with E-state index in [-0.39, 0.29) is 0 Å². The third-order valence-electron chi connectivity index (χ3n) is 6.34. The Morgan fingerprint density at radius 1 is 0.871 bits per heavy atom. The van der Waals surface area contributed by atoms with Crippen LogP contribution in [0, 0.1) is 0 Å². The molecule has 1 atom stereocenters. The van der Waals surface area contributed by atoms with Crippen LogP contribution < -0.4 is 10.6 Å². The molecule has 0 radical (unpaired) electrons. The van der Waals surface area contributed by atoms with Gasteiger partial charge in [-0.15, -0.1) is 0 Å². The molecular formula is C27H24N4. The summed E-state index contributed by atoms with van der Waals surface area (Å²) in [5.74, 6) is 0.934. The largest absolute Gasteiger partial charge is 0.380 e. The Balaban J connectivity index is 1.25. The average molecular weight is 405 g/mol. The second-order valence-electron chi connectivity index (χ2n) is 8.21. The van der Waals surface area contributed by atoms with Crippen LogP contribution in [0.1, 0.15) is 29.2 Å². The van der Waals surface area contributed by atoms with Crippen LogP contribution in [0.4, 0.5) is 11.5 Å². The number of hydrogen-bond acceptors (Lipinski definition) is 3. The second kappa shape index (κ2) is 7.47. The van der Waals surface area contributed by atoms with Gasteiger partial charge in [0, 0.05) is 34.7 Å². The molecule has 0 bridgehead atoms. The van der Waals surface area contributed by atoms with Crippen LogP contribution in [0.15, 0.2) is 85.1 Å². The van der Waals surface area contributed by atoms with Crippen LogP contribution in [0.5, 0.6) is 0 Å². The van der Waals surface area contributed by atoms with Crippen molar-refractivity contribution in [2.24, 2.45) is 0 Å². The molecule has 0 saturated heterocycles. The zero-order valence-electron chi connectivity index (χ0n) is 17.2. The van der Waals surface area contributed by atoms with Crippen LogP contribution in [-0.2, 0) is 13.0 Å². The molecule has 3 N–H and O–H groups in total. The van der Waals surface area contributed by atoms with E-state index in [1.807, 2.05) is 6.20 Å². The zero-order valence-corrected chi connectivity index (χ0v) is 17.2. The van der Waals surface area contributed by atoms with E-state index in [1.54, 1.807) is 0 Å².